The molecule has 0 saturated heterocycles. The first-order valence-corrected chi connectivity index (χ1v) is 7.94. The van der Waals surface area contributed by atoms with Gasteiger partial charge in [-0.2, -0.15) is 0 Å². The summed E-state index contributed by atoms with van der Waals surface area (Å²) in [5.41, 5.74) is 0. The Bertz CT molecular complexity index is 577. The lowest BCUT2D eigenvalue weighted by Gasteiger charge is -2.08. The molecular formula is C16H16ClNO2S. The van der Waals surface area contributed by atoms with Crippen molar-refractivity contribution in [2.75, 3.05) is 18.9 Å². The van der Waals surface area contributed by atoms with Gasteiger partial charge in [0.2, 0.25) is 5.91 Å². The highest BCUT2D eigenvalue weighted by molar-refractivity contribution is 8.00. The molecule has 0 saturated carbocycles. The minimum atomic E-state index is -0.0309. The van der Waals surface area contributed by atoms with Crippen LogP contribution in [0.1, 0.15) is 0 Å². The minimum absolute atomic E-state index is 0.0309. The average Bonchev–Trinajstić information content (AvgIpc) is 2.52. The molecule has 0 aliphatic rings. The number of hydrogen-bond donors (Lipinski definition) is 1. The molecule has 0 heterocycles. The zero-order chi connectivity index (χ0) is 14.9. The van der Waals surface area contributed by atoms with Gasteiger partial charge >= 0.3 is 0 Å². The lowest BCUT2D eigenvalue weighted by atomic mass is 10.3. The Kier molecular flexibility index (Phi) is 6.44. The summed E-state index contributed by atoms with van der Waals surface area (Å²) in [6.45, 7) is 0.934. The van der Waals surface area contributed by atoms with Gasteiger partial charge in [0.25, 0.3) is 0 Å². The molecule has 0 fully saturated rings. The van der Waals surface area contributed by atoms with Crippen molar-refractivity contribution in [2.24, 2.45) is 0 Å². The van der Waals surface area contributed by atoms with E-state index in [-0.39, 0.29) is 5.91 Å². The predicted octanol–water partition coefficient (Wildman–Crippen LogP) is 3.63. The van der Waals surface area contributed by atoms with Gasteiger partial charge in [0.1, 0.15) is 12.4 Å². The first-order chi connectivity index (χ1) is 10.3. The topological polar surface area (TPSA) is 38.3 Å². The molecule has 2 aromatic carbocycles. The van der Waals surface area contributed by atoms with Crippen molar-refractivity contribution < 1.29 is 9.53 Å². The standard InChI is InChI=1S/C16H16ClNO2S/c17-14-8-4-5-9-15(14)21-12-16(19)18-10-11-20-13-6-2-1-3-7-13/h1-9H,10-12H2,(H,18,19). The molecule has 0 radical (unpaired) electrons. The van der Waals surface area contributed by atoms with E-state index in [9.17, 15) is 4.79 Å². The van der Waals surface area contributed by atoms with E-state index in [0.29, 0.717) is 23.9 Å². The van der Waals surface area contributed by atoms with E-state index in [1.54, 1.807) is 0 Å². The van der Waals surface area contributed by atoms with E-state index in [2.05, 4.69) is 5.32 Å². The molecule has 0 aliphatic carbocycles. The Balaban J connectivity index is 1.63. The van der Waals surface area contributed by atoms with Gasteiger partial charge in [-0.15, -0.1) is 11.8 Å². The highest BCUT2D eigenvalue weighted by Crippen LogP contribution is 2.26. The lowest BCUT2D eigenvalue weighted by molar-refractivity contribution is -0.118. The number of amides is 1. The summed E-state index contributed by atoms with van der Waals surface area (Å²) in [7, 11) is 0. The first kappa shape index (κ1) is 15.7. The lowest BCUT2D eigenvalue weighted by Crippen LogP contribution is -2.29. The number of halogens is 1. The van der Waals surface area contributed by atoms with Crippen LogP contribution in [0.5, 0.6) is 5.75 Å². The molecule has 0 unspecified atom stereocenters. The van der Waals surface area contributed by atoms with Crippen molar-refractivity contribution in [3.63, 3.8) is 0 Å². The van der Waals surface area contributed by atoms with Crippen LogP contribution in [-0.2, 0) is 4.79 Å². The Morgan fingerprint density at radius 3 is 2.57 bits per heavy atom. The second-order valence-electron chi connectivity index (χ2n) is 4.23. The van der Waals surface area contributed by atoms with Crippen LogP contribution in [0.15, 0.2) is 59.5 Å². The number of ether oxygens (including phenoxy) is 1. The zero-order valence-electron chi connectivity index (χ0n) is 11.4. The fourth-order valence-corrected chi connectivity index (χ4v) is 2.70. The van der Waals surface area contributed by atoms with Crippen molar-refractivity contribution in [2.45, 2.75) is 4.90 Å². The summed E-state index contributed by atoms with van der Waals surface area (Å²) >= 11 is 7.45. The molecule has 21 heavy (non-hydrogen) atoms. The Morgan fingerprint density at radius 1 is 1.10 bits per heavy atom. The van der Waals surface area contributed by atoms with E-state index in [4.69, 9.17) is 16.3 Å². The summed E-state index contributed by atoms with van der Waals surface area (Å²) in [6, 6.07) is 17.0. The second kappa shape index (κ2) is 8.60. The van der Waals surface area contributed by atoms with E-state index in [1.165, 1.54) is 11.8 Å². The van der Waals surface area contributed by atoms with Crippen LogP contribution < -0.4 is 10.1 Å². The normalized spacial score (nSPS) is 10.1. The van der Waals surface area contributed by atoms with Crippen LogP contribution >= 0.6 is 23.4 Å². The quantitative estimate of drug-likeness (QED) is 0.625. The Labute approximate surface area is 133 Å². The van der Waals surface area contributed by atoms with Crippen molar-refractivity contribution in [1.29, 1.82) is 0 Å². The number of thioether (sulfide) groups is 1. The van der Waals surface area contributed by atoms with Crippen molar-refractivity contribution in [3.8, 4) is 5.75 Å². The minimum Gasteiger partial charge on any atom is -0.492 e. The van der Waals surface area contributed by atoms with Crippen molar-refractivity contribution in [3.05, 3.63) is 59.6 Å². The molecular weight excluding hydrogens is 306 g/mol. The molecule has 0 bridgehead atoms. The second-order valence-corrected chi connectivity index (χ2v) is 5.65. The average molecular weight is 322 g/mol. The Hall–Kier alpha value is -1.65. The fraction of sp³-hybridized carbons (Fsp3) is 0.188. The third-order valence-corrected chi connectivity index (χ3v) is 4.15. The van der Waals surface area contributed by atoms with E-state index >= 15 is 0 Å². The van der Waals surface area contributed by atoms with Gasteiger partial charge in [-0.1, -0.05) is 41.9 Å². The van der Waals surface area contributed by atoms with Gasteiger partial charge in [-0.3, -0.25) is 4.79 Å². The first-order valence-electron chi connectivity index (χ1n) is 6.57. The maximum absolute atomic E-state index is 11.7. The van der Waals surface area contributed by atoms with E-state index in [1.807, 2.05) is 54.6 Å². The number of para-hydroxylation sites is 1. The number of carbonyl (C=O) groups is 1. The SMILES string of the molecule is O=C(CSc1ccccc1Cl)NCCOc1ccccc1. The molecule has 2 rings (SSSR count). The summed E-state index contributed by atoms with van der Waals surface area (Å²) in [4.78, 5) is 12.6. The van der Waals surface area contributed by atoms with Crippen molar-refractivity contribution in [1.82, 2.24) is 5.32 Å². The molecule has 0 aliphatic heterocycles. The molecule has 0 aromatic heterocycles. The van der Waals surface area contributed by atoms with E-state index < -0.39 is 0 Å². The van der Waals surface area contributed by atoms with Crippen molar-refractivity contribution >= 4 is 29.3 Å². The number of carbonyl (C=O) groups excluding carboxylic acids is 1. The summed E-state index contributed by atoms with van der Waals surface area (Å²) < 4.78 is 5.50. The maximum Gasteiger partial charge on any atom is 0.230 e. The summed E-state index contributed by atoms with van der Waals surface area (Å²) in [6.07, 6.45) is 0. The van der Waals surface area contributed by atoms with Crippen LogP contribution in [0.4, 0.5) is 0 Å². The Morgan fingerprint density at radius 2 is 1.81 bits per heavy atom. The molecule has 110 valence electrons. The predicted molar refractivity (Wildman–Crippen MR) is 87.1 cm³/mol. The van der Waals surface area contributed by atoms with Gasteiger partial charge in [0.15, 0.2) is 0 Å². The summed E-state index contributed by atoms with van der Waals surface area (Å²) in [5.74, 6) is 1.11. The molecule has 0 atom stereocenters. The molecule has 1 N–H and O–H groups in total. The largest absolute Gasteiger partial charge is 0.492 e. The zero-order valence-corrected chi connectivity index (χ0v) is 13.0. The van der Waals surface area contributed by atoms with Gasteiger partial charge < -0.3 is 10.1 Å². The highest BCUT2D eigenvalue weighted by Gasteiger charge is 2.04. The third kappa shape index (κ3) is 5.69. The highest BCUT2D eigenvalue weighted by atomic mass is 35.5. The number of benzene rings is 2. The maximum atomic E-state index is 11.7. The fourth-order valence-electron chi connectivity index (χ4n) is 1.63. The molecule has 1 amide bonds. The molecule has 2 aromatic rings. The van der Waals surface area contributed by atoms with Gasteiger partial charge in [0.05, 0.1) is 17.3 Å². The monoisotopic (exact) mass is 321 g/mol. The summed E-state index contributed by atoms with van der Waals surface area (Å²) in [5, 5.41) is 3.48. The van der Waals surface area contributed by atoms with E-state index in [0.717, 1.165) is 10.6 Å². The number of rotatable bonds is 7. The third-order valence-electron chi connectivity index (χ3n) is 2.63. The smallest absolute Gasteiger partial charge is 0.230 e. The van der Waals surface area contributed by atoms with Crippen LogP contribution in [0.2, 0.25) is 5.02 Å². The van der Waals surface area contributed by atoms with Gasteiger partial charge in [-0.05, 0) is 24.3 Å². The van der Waals surface area contributed by atoms with Crippen LogP contribution in [0.3, 0.4) is 0 Å². The van der Waals surface area contributed by atoms with Gasteiger partial charge in [-0.25, -0.2) is 0 Å². The molecule has 0 spiro atoms. The van der Waals surface area contributed by atoms with Gasteiger partial charge in [0, 0.05) is 4.90 Å². The molecule has 5 heteroatoms. The van der Waals surface area contributed by atoms with Crippen LogP contribution in [0.25, 0.3) is 0 Å². The molecule has 3 nitrogen and oxygen atoms in total. The van der Waals surface area contributed by atoms with Crippen LogP contribution in [0, 0.1) is 0 Å². The number of hydrogen-bond acceptors (Lipinski definition) is 3. The number of nitrogens with one attached hydrogen (secondary N) is 1. The van der Waals surface area contributed by atoms with Crippen LogP contribution in [-0.4, -0.2) is 24.8 Å².